The number of hydrogen-bond donors (Lipinski definition) is 1. The normalized spacial score (nSPS) is 14.3. The van der Waals surface area contributed by atoms with Gasteiger partial charge in [-0.05, 0) is 19.4 Å². The van der Waals surface area contributed by atoms with Crippen LogP contribution in [0.3, 0.4) is 0 Å². The molecule has 0 aliphatic carbocycles. The Morgan fingerprint density at radius 1 is 1.32 bits per heavy atom. The number of ether oxygens (including phenoxy) is 1. The van der Waals surface area contributed by atoms with Gasteiger partial charge in [0.1, 0.15) is 0 Å². The molecule has 2 atom stereocenters. The van der Waals surface area contributed by atoms with Crippen molar-refractivity contribution in [3.8, 4) is 0 Å². The summed E-state index contributed by atoms with van der Waals surface area (Å²) >= 11 is 0. The van der Waals surface area contributed by atoms with Gasteiger partial charge in [0, 0.05) is 6.61 Å². The van der Waals surface area contributed by atoms with Crippen LogP contribution in [-0.4, -0.2) is 23.4 Å². The molecule has 5 heteroatoms. The van der Waals surface area contributed by atoms with E-state index >= 15 is 0 Å². The number of aromatic nitrogens is 2. The SMILES string of the molecule is CCOCC(N)c1noc(C(C)c2ccccc2)n1. The van der Waals surface area contributed by atoms with Crippen LogP contribution in [0.25, 0.3) is 0 Å². The van der Waals surface area contributed by atoms with Gasteiger partial charge in [-0.1, -0.05) is 35.5 Å². The van der Waals surface area contributed by atoms with Crippen LogP contribution in [0.15, 0.2) is 34.9 Å². The highest BCUT2D eigenvalue weighted by atomic mass is 16.5. The molecule has 1 heterocycles. The van der Waals surface area contributed by atoms with Gasteiger partial charge in [-0.3, -0.25) is 0 Å². The van der Waals surface area contributed by atoms with Crippen molar-refractivity contribution in [2.75, 3.05) is 13.2 Å². The highest BCUT2D eigenvalue weighted by Gasteiger charge is 2.19. The van der Waals surface area contributed by atoms with Gasteiger partial charge in [0.05, 0.1) is 18.6 Å². The molecule has 5 nitrogen and oxygen atoms in total. The van der Waals surface area contributed by atoms with Crippen molar-refractivity contribution in [2.24, 2.45) is 5.73 Å². The predicted octanol–water partition coefficient (Wildman–Crippen LogP) is 2.26. The average molecular weight is 261 g/mol. The van der Waals surface area contributed by atoms with Gasteiger partial charge in [0.2, 0.25) is 5.89 Å². The second-order valence-electron chi connectivity index (χ2n) is 4.39. The number of nitrogens with two attached hydrogens (primary N) is 1. The molecule has 0 radical (unpaired) electrons. The fourth-order valence-electron chi connectivity index (χ4n) is 1.78. The Labute approximate surface area is 112 Å². The molecule has 2 aromatic rings. The molecular weight excluding hydrogens is 242 g/mol. The van der Waals surface area contributed by atoms with E-state index in [-0.39, 0.29) is 12.0 Å². The molecule has 2 N–H and O–H groups in total. The Morgan fingerprint density at radius 2 is 2.05 bits per heavy atom. The third-order valence-electron chi connectivity index (χ3n) is 2.96. The van der Waals surface area contributed by atoms with Crippen molar-refractivity contribution in [3.05, 3.63) is 47.6 Å². The summed E-state index contributed by atoms with van der Waals surface area (Å²) in [5.41, 5.74) is 7.06. The van der Waals surface area contributed by atoms with Crippen LogP contribution in [0.1, 0.15) is 43.1 Å². The van der Waals surface area contributed by atoms with Crippen LogP contribution in [-0.2, 0) is 4.74 Å². The number of benzene rings is 1. The maximum absolute atomic E-state index is 5.92. The highest BCUT2D eigenvalue weighted by Crippen LogP contribution is 2.22. The molecule has 102 valence electrons. The van der Waals surface area contributed by atoms with Crippen molar-refractivity contribution in [1.82, 2.24) is 10.1 Å². The Bertz CT molecular complexity index is 498. The van der Waals surface area contributed by atoms with Gasteiger partial charge in [0.25, 0.3) is 0 Å². The largest absolute Gasteiger partial charge is 0.380 e. The van der Waals surface area contributed by atoms with E-state index in [9.17, 15) is 0 Å². The molecule has 2 unspecified atom stereocenters. The van der Waals surface area contributed by atoms with Gasteiger partial charge in [-0.15, -0.1) is 0 Å². The van der Waals surface area contributed by atoms with E-state index in [1.807, 2.05) is 44.2 Å². The second-order valence-corrected chi connectivity index (χ2v) is 4.39. The molecule has 0 spiro atoms. The Kier molecular flexibility index (Phi) is 4.65. The van der Waals surface area contributed by atoms with Crippen LogP contribution >= 0.6 is 0 Å². The first-order valence-corrected chi connectivity index (χ1v) is 6.44. The minimum Gasteiger partial charge on any atom is -0.380 e. The van der Waals surface area contributed by atoms with Crippen molar-refractivity contribution in [2.45, 2.75) is 25.8 Å². The van der Waals surface area contributed by atoms with Crippen molar-refractivity contribution in [1.29, 1.82) is 0 Å². The van der Waals surface area contributed by atoms with Gasteiger partial charge >= 0.3 is 0 Å². The molecule has 0 fully saturated rings. The average Bonchev–Trinajstić information content (AvgIpc) is 2.94. The summed E-state index contributed by atoms with van der Waals surface area (Å²) in [7, 11) is 0. The molecule has 19 heavy (non-hydrogen) atoms. The van der Waals surface area contributed by atoms with Gasteiger partial charge < -0.3 is 15.0 Å². The lowest BCUT2D eigenvalue weighted by atomic mass is 10.0. The van der Waals surface area contributed by atoms with Crippen molar-refractivity contribution >= 4 is 0 Å². The van der Waals surface area contributed by atoms with E-state index in [0.29, 0.717) is 24.9 Å². The summed E-state index contributed by atoms with van der Waals surface area (Å²) in [4.78, 5) is 4.36. The monoisotopic (exact) mass is 261 g/mol. The second kappa shape index (κ2) is 6.45. The highest BCUT2D eigenvalue weighted by molar-refractivity contribution is 5.23. The maximum Gasteiger partial charge on any atom is 0.233 e. The van der Waals surface area contributed by atoms with Gasteiger partial charge in [-0.2, -0.15) is 4.98 Å². The maximum atomic E-state index is 5.92. The zero-order valence-electron chi connectivity index (χ0n) is 11.2. The van der Waals surface area contributed by atoms with Crippen LogP contribution < -0.4 is 5.73 Å². The molecule has 0 bridgehead atoms. The molecule has 0 amide bonds. The third-order valence-corrected chi connectivity index (χ3v) is 2.96. The molecule has 2 rings (SSSR count). The summed E-state index contributed by atoms with van der Waals surface area (Å²) in [5, 5.41) is 3.92. The summed E-state index contributed by atoms with van der Waals surface area (Å²) in [6.07, 6.45) is 0. The third kappa shape index (κ3) is 3.39. The summed E-state index contributed by atoms with van der Waals surface area (Å²) < 4.78 is 10.5. The molecule has 1 aromatic heterocycles. The smallest absolute Gasteiger partial charge is 0.233 e. The van der Waals surface area contributed by atoms with Gasteiger partial charge in [-0.25, -0.2) is 0 Å². The Morgan fingerprint density at radius 3 is 2.74 bits per heavy atom. The summed E-state index contributed by atoms with van der Waals surface area (Å²) in [6.45, 7) is 4.97. The molecule has 0 saturated heterocycles. The lowest BCUT2D eigenvalue weighted by molar-refractivity contribution is 0.130. The molecule has 0 saturated carbocycles. The van der Waals surface area contributed by atoms with Gasteiger partial charge in [0.15, 0.2) is 5.82 Å². The first-order chi connectivity index (χ1) is 9.22. The van der Waals surface area contributed by atoms with E-state index in [4.69, 9.17) is 15.0 Å². The van der Waals surface area contributed by atoms with Crippen LogP contribution in [0.5, 0.6) is 0 Å². The zero-order valence-corrected chi connectivity index (χ0v) is 11.2. The summed E-state index contributed by atoms with van der Waals surface area (Å²) in [6, 6.07) is 9.69. The fourth-order valence-corrected chi connectivity index (χ4v) is 1.78. The molecule has 0 aliphatic rings. The quantitative estimate of drug-likeness (QED) is 0.863. The lowest BCUT2D eigenvalue weighted by Gasteiger charge is -2.07. The van der Waals surface area contributed by atoms with E-state index in [1.54, 1.807) is 0 Å². The van der Waals surface area contributed by atoms with Crippen LogP contribution in [0, 0.1) is 0 Å². The minimum atomic E-state index is -0.347. The Hall–Kier alpha value is -1.72. The van der Waals surface area contributed by atoms with E-state index < -0.39 is 0 Å². The number of rotatable bonds is 6. The standard InChI is InChI=1S/C14H19N3O2/c1-3-18-9-12(15)13-16-14(19-17-13)10(2)11-7-5-4-6-8-11/h4-8,10,12H,3,9,15H2,1-2H3. The van der Waals surface area contributed by atoms with Crippen LogP contribution in [0.2, 0.25) is 0 Å². The predicted molar refractivity (Wildman–Crippen MR) is 71.7 cm³/mol. The molecule has 1 aromatic carbocycles. The van der Waals surface area contributed by atoms with E-state index in [2.05, 4.69) is 10.1 Å². The lowest BCUT2D eigenvalue weighted by Crippen LogP contribution is -2.18. The first-order valence-electron chi connectivity index (χ1n) is 6.44. The first kappa shape index (κ1) is 13.7. The zero-order chi connectivity index (χ0) is 13.7. The van der Waals surface area contributed by atoms with Crippen molar-refractivity contribution in [3.63, 3.8) is 0 Å². The Balaban J connectivity index is 2.08. The van der Waals surface area contributed by atoms with E-state index in [1.165, 1.54) is 0 Å². The topological polar surface area (TPSA) is 74.2 Å². The van der Waals surface area contributed by atoms with Crippen molar-refractivity contribution < 1.29 is 9.26 Å². The van der Waals surface area contributed by atoms with E-state index in [0.717, 1.165) is 5.56 Å². The fraction of sp³-hybridized carbons (Fsp3) is 0.429. The van der Waals surface area contributed by atoms with Crippen LogP contribution in [0.4, 0.5) is 0 Å². The molecular formula is C14H19N3O2. The minimum absolute atomic E-state index is 0.0572. The number of nitrogens with zero attached hydrogens (tertiary/aromatic N) is 2. The summed E-state index contributed by atoms with van der Waals surface area (Å²) in [5.74, 6) is 1.13. The number of hydrogen-bond acceptors (Lipinski definition) is 5. The molecule has 0 aliphatic heterocycles.